The van der Waals surface area contributed by atoms with Gasteiger partial charge in [-0.3, -0.25) is 13.9 Å². The second-order valence-corrected chi connectivity index (χ2v) is 10.4. The summed E-state index contributed by atoms with van der Waals surface area (Å²) in [5.74, 6) is -0.916. The van der Waals surface area contributed by atoms with Gasteiger partial charge in [-0.05, 0) is 36.1 Å². The third kappa shape index (κ3) is 5.72. The first-order valence-electron chi connectivity index (χ1n) is 11.4. The summed E-state index contributed by atoms with van der Waals surface area (Å²) in [7, 11) is -3.78. The molecule has 0 saturated heterocycles. The molecule has 4 rings (SSSR count). The van der Waals surface area contributed by atoms with Crippen LogP contribution in [0.5, 0.6) is 0 Å². The van der Waals surface area contributed by atoms with Gasteiger partial charge in [0, 0.05) is 5.39 Å². The minimum absolute atomic E-state index is 0.241. The Morgan fingerprint density at radius 1 is 0.833 bits per heavy atom. The van der Waals surface area contributed by atoms with Crippen molar-refractivity contribution in [1.82, 2.24) is 5.32 Å². The van der Waals surface area contributed by atoms with Gasteiger partial charge in [-0.2, -0.15) is 0 Å². The van der Waals surface area contributed by atoms with Crippen molar-refractivity contribution in [2.75, 3.05) is 22.4 Å². The summed E-state index contributed by atoms with van der Waals surface area (Å²) in [6.45, 7) is 1.44. The molecule has 1 atom stereocenters. The van der Waals surface area contributed by atoms with E-state index in [4.69, 9.17) is 0 Å². The lowest BCUT2D eigenvalue weighted by atomic mass is 10.1. The highest BCUT2D eigenvalue weighted by atomic mass is 32.2. The maximum atomic E-state index is 13.0. The van der Waals surface area contributed by atoms with E-state index in [1.807, 2.05) is 67.6 Å². The fraction of sp³-hybridized carbons (Fsp3) is 0.143. The van der Waals surface area contributed by atoms with Crippen LogP contribution in [-0.4, -0.2) is 33.0 Å². The number of para-hydroxylation sites is 1. The lowest BCUT2D eigenvalue weighted by molar-refractivity contribution is -0.114. The van der Waals surface area contributed by atoms with Crippen molar-refractivity contribution >= 4 is 44.0 Å². The molecule has 36 heavy (non-hydrogen) atoms. The fourth-order valence-corrected chi connectivity index (χ4v) is 4.88. The van der Waals surface area contributed by atoms with E-state index >= 15 is 0 Å². The Kier molecular flexibility index (Phi) is 7.36. The number of amides is 2. The number of fused-ring (bicyclic) bond motifs is 1. The molecule has 4 aromatic rings. The molecule has 0 saturated carbocycles. The molecule has 0 radical (unpaired) electrons. The number of hydrogen-bond acceptors (Lipinski definition) is 4. The number of hydrogen-bond donors (Lipinski definition) is 2. The zero-order chi connectivity index (χ0) is 25.7. The zero-order valence-corrected chi connectivity index (χ0v) is 20.8. The van der Waals surface area contributed by atoms with Gasteiger partial charge in [0.25, 0.3) is 5.91 Å². The topological polar surface area (TPSA) is 95.6 Å². The largest absolute Gasteiger partial charge is 0.345 e. The molecular weight excluding hydrogens is 474 g/mol. The van der Waals surface area contributed by atoms with Crippen LogP contribution in [0.25, 0.3) is 10.8 Å². The van der Waals surface area contributed by atoms with Crippen molar-refractivity contribution in [3.63, 3.8) is 0 Å². The lowest BCUT2D eigenvalue weighted by Gasteiger charge is -2.24. The molecule has 0 bridgehead atoms. The molecule has 0 unspecified atom stereocenters. The molecule has 0 aliphatic heterocycles. The molecule has 0 fully saturated rings. The Hall–Kier alpha value is -4.17. The summed E-state index contributed by atoms with van der Waals surface area (Å²) in [6.07, 6.45) is 1.06. The Morgan fingerprint density at radius 2 is 1.47 bits per heavy atom. The molecule has 184 valence electrons. The second kappa shape index (κ2) is 10.6. The van der Waals surface area contributed by atoms with Crippen molar-refractivity contribution in [3.05, 3.63) is 108 Å². The van der Waals surface area contributed by atoms with Gasteiger partial charge < -0.3 is 10.6 Å². The van der Waals surface area contributed by atoms with Crippen molar-refractivity contribution in [2.45, 2.75) is 13.0 Å². The van der Waals surface area contributed by atoms with E-state index in [9.17, 15) is 18.0 Å². The molecule has 0 spiro atoms. The van der Waals surface area contributed by atoms with Crippen LogP contribution in [0.2, 0.25) is 0 Å². The van der Waals surface area contributed by atoms with E-state index in [1.165, 1.54) is 0 Å². The van der Waals surface area contributed by atoms with E-state index in [0.29, 0.717) is 16.8 Å². The fourth-order valence-electron chi connectivity index (χ4n) is 4.02. The minimum atomic E-state index is -3.78. The first kappa shape index (κ1) is 24.9. The summed E-state index contributed by atoms with van der Waals surface area (Å²) in [5.41, 5.74) is 1.94. The number of benzene rings is 4. The van der Waals surface area contributed by atoms with Crippen molar-refractivity contribution in [1.29, 1.82) is 0 Å². The van der Waals surface area contributed by atoms with Gasteiger partial charge in [0.15, 0.2) is 0 Å². The molecular formula is C28H27N3O4S. The van der Waals surface area contributed by atoms with E-state index in [2.05, 4.69) is 10.6 Å². The summed E-state index contributed by atoms with van der Waals surface area (Å²) in [5, 5.41) is 7.24. The van der Waals surface area contributed by atoms with Crippen LogP contribution in [0, 0.1) is 0 Å². The van der Waals surface area contributed by atoms with Crippen molar-refractivity contribution in [2.24, 2.45) is 0 Å². The van der Waals surface area contributed by atoms with Gasteiger partial charge >= 0.3 is 0 Å². The highest BCUT2D eigenvalue weighted by Gasteiger charge is 2.24. The van der Waals surface area contributed by atoms with Crippen molar-refractivity contribution < 1.29 is 18.0 Å². The molecule has 0 aliphatic rings. The van der Waals surface area contributed by atoms with Gasteiger partial charge in [-0.25, -0.2) is 8.42 Å². The van der Waals surface area contributed by atoms with Crippen LogP contribution in [-0.2, 0) is 14.8 Å². The highest BCUT2D eigenvalue weighted by molar-refractivity contribution is 7.92. The van der Waals surface area contributed by atoms with Crippen LogP contribution in [0.1, 0.15) is 28.9 Å². The quantitative estimate of drug-likeness (QED) is 0.365. The van der Waals surface area contributed by atoms with Crippen molar-refractivity contribution in [3.8, 4) is 0 Å². The summed E-state index contributed by atoms with van der Waals surface area (Å²) in [6, 6.07) is 28.6. The summed E-state index contributed by atoms with van der Waals surface area (Å²) >= 11 is 0. The average molecular weight is 502 g/mol. The highest BCUT2D eigenvalue weighted by Crippen LogP contribution is 2.28. The van der Waals surface area contributed by atoms with Crippen LogP contribution < -0.4 is 14.9 Å². The normalized spacial score (nSPS) is 12.1. The number of nitrogens with zero attached hydrogens (tertiary/aromatic N) is 1. The number of nitrogens with one attached hydrogen (secondary N) is 2. The first-order chi connectivity index (χ1) is 17.2. The van der Waals surface area contributed by atoms with E-state index in [0.717, 1.165) is 21.5 Å². The molecule has 0 aromatic heterocycles. The number of sulfonamides is 1. The monoisotopic (exact) mass is 501 g/mol. The molecule has 2 N–H and O–H groups in total. The molecule has 2 amide bonds. The zero-order valence-electron chi connectivity index (χ0n) is 20.0. The van der Waals surface area contributed by atoms with Crippen LogP contribution in [0.3, 0.4) is 0 Å². The summed E-state index contributed by atoms with van der Waals surface area (Å²) in [4.78, 5) is 26.1. The van der Waals surface area contributed by atoms with E-state index in [-0.39, 0.29) is 17.5 Å². The Morgan fingerprint density at radius 3 is 2.22 bits per heavy atom. The van der Waals surface area contributed by atoms with Crippen LogP contribution in [0.15, 0.2) is 97.1 Å². The predicted molar refractivity (Wildman–Crippen MR) is 144 cm³/mol. The average Bonchev–Trinajstić information content (AvgIpc) is 2.87. The predicted octanol–water partition coefficient (Wildman–Crippen LogP) is 4.74. The SMILES string of the molecule is C[C@@H](NC(=O)c1ccccc1NC(=O)CN(c1cccc2ccccc12)S(C)(=O)=O)c1ccccc1. The minimum Gasteiger partial charge on any atom is -0.345 e. The number of carbonyl (C=O) groups is 2. The lowest BCUT2D eigenvalue weighted by Crippen LogP contribution is -2.38. The van der Waals surface area contributed by atoms with Gasteiger partial charge in [0.1, 0.15) is 6.54 Å². The summed E-state index contributed by atoms with van der Waals surface area (Å²) < 4.78 is 26.4. The van der Waals surface area contributed by atoms with Gasteiger partial charge in [0.2, 0.25) is 15.9 Å². The first-order valence-corrected chi connectivity index (χ1v) is 13.3. The number of carbonyl (C=O) groups excluding carboxylic acids is 2. The third-order valence-corrected chi connectivity index (χ3v) is 6.94. The number of anilines is 2. The Bertz CT molecular complexity index is 1500. The van der Waals surface area contributed by atoms with Gasteiger partial charge in [0.05, 0.1) is 29.2 Å². The van der Waals surface area contributed by atoms with Gasteiger partial charge in [-0.1, -0.05) is 78.9 Å². The molecule has 8 heteroatoms. The van der Waals surface area contributed by atoms with Crippen LogP contribution in [0.4, 0.5) is 11.4 Å². The second-order valence-electron chi connectivity index (χ2n) is 8.47. The maximum Gasteiger partial charge on any atom is 0.253 e. The molecule has 0 heterocycles. The number of rotatable bonds is 8. The smallest absolute Gasteiger partial charge is 0.253 e. The molecule has 0 aliphatic carbocycles. The third-order valence-electron chi connectivity index (χ3n) is 5.82. The molecule has 4 aromatic carbocycles. The van der Waals surface area contributed by atoms with Crippen LogP contribution >= 0.6 is 0 Å². The van der Waals surface area contributed by atoms with E-state index in [1.54, 1.807) is 36.4 Å². The maximum absolute atomic E-state index is 13.0. The Labute approximate surface area is 210 Å². The Balaban J connectivity index is 1.55. The van der Waals surface area contributed by atoms with E-state index < -0.39 is 22.5 Å². The molecule has 7 nitrogen and oxygen atoms in total. The standard InChI is InChI=1S/C28H27N3O4S/c1-20(21-11-4-3-5-12-21)29-28(33)24-16-8-9-17-25(24)30-27(32)19-31(36(2,34)35)26-18-10-14-22-13-6-7-15-23(22)26/h3-18,20H,19H2,1-2H3,(H,29,33)(H,30,32)/t20-/m1/s1. The van der Waals surface area contributed by atoms with Gasteiger partial charge in [-0.15, -0.1) is 0 Å².